The van der Waals surface area contributed by atoms with E-state index in [1.54, 1.807) is 0 Å². The zero-order valence-corrected chi connectivity index (χ0v) is 14.6. The van der Waals surface area contributed by atoms with Gasteiger partial charge in [0.1, 0.15) is 0 Å². The monoisotopic (exact) mass is 316 g/mol. The number of carbonyl (C=O) groups excluding carboxylic acids is 2. The zero-order valence-electron chi connectivity index (χ0n) is 14.6. The molecule has 130 valence electrons. The number of piperidine rings is 2. The van der Waals surface area contributed by atoms with Crippen LogP contribution in [0.3, 0.4) is 0 Å². The van der Waals surface area contributed by atoms with Crippen LogP contribution < -0.4 is 10.2 Å². The molecule has 2 saturated heterocycles. The molecular weight excluding hydrogens is 284 g/mol. The highest BCUT2D eigenvalue weighted by Crippen LogP contribution is 2.12. The fraction of sp³-hybridized carbons (Fsp3) is 0.875. The smallest absolute Gasteiger partial charge is 0.0870 e. The van der Waals surface area contributed by atoms with Gasteiger partial charge in [0.05, 0.1) is 66.3 Å². The quantitative estimate of drug-likeness (QED) is 0.423. The van der Waals surface area contributed by atoms with E-state index in [9.17, 15) is 0 Å². The van der Waals surface area contributed by atoms with E-state index in [2.05, 4.69) is 28.2 Å². The van der Waals surface area contributed by atoms with Crippen LogP contribution in [0.2, 0.25) is 0 Å². The molecule has 2 aliphatic rings. The third kappa shape index (κ3) is 11.5. The largest absolute Gasteiger partial charge is 0.543 e. The molecule has 0 aromatic heterocycles. The zero-order chi connectivity index (χ0) is 17.2. The van der Waals surface area contributed by atoms with Gasteiger partial charge in [-0.15, -0.1) is 0 Å². The summed E-state index contributed by atoms with van der Waals surface area (Å²) in [5, 5.41) is 17.9. The fourth-order valence-corrected chi connectivity index (χ4v) is 2.74. The van der Waals surface area contributed by atoms with Crippen LogP contribution in [0.25, 0.3) is 0 Å². The van der Waals surface area contributed by atoms with E-state index in [4.69, 9.17) is 19.8 Å². The Kier molecular flexibility index (Phi) is 9.28. The molecular formula is C16H32N2O4. The molecule has 2 fully saturated rings. The van der Waals surface area contributed by atoms with Crippen molar-refractivity contribution >= 4 is 11.9 Å². The van der Waals surface area contributed by atoms with Gasteiger partial charge in [-0.05, 0) is 38.5 Å². The summed E-state index contributed by atoms with van der Waals surface area (Å²) in [4.78, 5) is 17.9. The van der Waals surface area contributed by atoms with Gasteiger partial charge in [0, 0.05) is 0 Å². The number of aliphatic carboxylic acids is 2. The number of hydrogen-bond acceptors (Lipinski definition) is 4. The van der Waals surface area contributed by atoms with Crippen LogP contribution in [0.4, 0.5) is 0 Å². The maximum absolute atomic E-state index is 8.93. The SMILES string of the molecule is C[N+]1(C)CCCCC1.C[N+]1(C)CCCCC1.O=C([O-])C(=O)[O-]. The minimum Gasteiger partial charge on any atom is -0.543 e. The van der Waals surface area contributed by atoms with Crippen LogP contribution in [-0.2, 0) is 9.59 Å². The number of carbonyl (C=O) groups is 2. The summed E-state index contributed by atoms with van der Waals surface area (Å²) in [6.07, 6.45) is 8.67. The van der Waals surface area contributed by atoms with E-state index in [0.717, 1.165) is 0 Å². The van der Waals surface area contributed by atoms with E-state index in [1.807, 2.05) is 0 Å². The van der Waals surface area contributed by atoms with Crippen LogP contribution in [0.5, 0.6) is 0 Å². The number of carboxylic acid groups (broad SMARTS) is 2. The van der Waals surface area contributed by atoms with Crippen molar-refractivity contribution in [2.75, 3.05) is 54.4 Å². The van der Waals surface area contributed by atoms with Gasteiger partial charge in [0.2, 0.25) is 0 Å². The highest BCUT2D eigenvalue weighted by atomic mass is 16.4. The molecule has 0 atom stereocenters. The van der Waals surface area contributed by atoms with E-state index in [0.29, 0.717) is 0 Å². The summed E-state index contributed by atoms with van der Waals surface area (Å²) >= 11 is 0. The fourth-order valence-electron chi connectivity index (χ4n) is 2.74. The average Bonchev–Trinajstić information content (AvgIpc) is 2.39. The maximum atomic E-state index is 8.93. The van der Waals surface area contributed by atoms with Gasteiger partial charge in [-0.3, -0.25) is 0 Å². The van der Waals surface area contributed by atoms with Crippen molar-refractivity contribution < 1.29 is 28.8 Å². The molecule has 6 nitrogen and oxygen atoms in total. The second kappa shape index (κ2) is 9.79. The highest BCUT2D eigenvalue weighted by Gasteiger charge is 2.18. The second-order valence-corrected chi connectivity index (χ2v) is 7.46. The van der Waals surface area contributed by atoms with Gasteiger partial charge in [-0.2, -0.15) is 0 Å². The van der Waals surface area contributed by atoms with Gasteiger partial charge < -0.3 is 28.8 Å². The number of nitrogens with zero attached hydrogens (tertiary/aromatic N) is 2. The molecule has 0 aromatic carbocycles. The maximum Gasteiger partial charge on any atom is 0.0870 e. The summed E-state index contributed by atoms with van der Waals surface area (Å²) < 4.78 is 2.50. The summed E-state index contributed by atoms with van der Waals surface area (Å²) in [6, 6.07) is 0. The molecule has 0 N–H and O–H groups in total. The van der Waals surface area contributed by atoms with Crippen LogP contribution in [0.1, 0.15) is 38.5 Å². The third-order valence-corrected chi connectivity index (χ3v) is 4.22. The Morgan fingerprint density at radius 3 is 0.909 bits per heavy atom. The Morgan fingerprint density at radius 2 is 0.818 bits per heavy atom. The van der Waals surface area contributed by atoms with Crippen LogP contribution >= 0.6 is 0 Å². The number of likely N-dealkylation sites (tertiary alicyclic amines) is 2. The van der Waals surface area contributed by atoms with E-state index in [1.165, 1.54) is 73.7 Å². The lowest BCUT2D eigenvalue weighted by Crippen LogP contribution is -2.43. The molecule has 0 spiro atoms. The van der Waals surface area contributed by atoms with E-state index in [-0.39, 0.29) is 0 Å². The Morgan fingerprint density at radius 1 is 0.591 bits per heavy atom. The lowest BCUT2D eigenvalue weighted by atomic mass is 10.1. The molecule has 0 amide bonds. The number of hydrogen-bond donors (Lipinski definition) is 0. The first kappa shape index (κ1) is 20.9. The predicted molar refractivity (Wildman–Crippen MR) is 81.4 cm³/mol. The average molecular weight is 316 g/mol. The third-order valence-electron chi connectivity index (χ3n) is 4.22. The molecule has 0 bridgehead atoms. The van der Waals surface area contributed by atoms with E-state index < -0.39 is 11.9 Å². The lowest BCUT2D eigenvalue weighted by Gasteiger charge is -2.33. The molecule has 0 unspecified atom stereocenters. The van der Waals surface area contributed by atoms with Crippen LogP contribution in [0.15, 0.2) is 0 Å². The molecule has 0 radical (unpaired) electrons. The first-order chi connectivity index (χ1) is 10.1. The molecule has 22 heavy (non-hydrogen) atoms. The number of quaternary nitrogens is 2. The van der Waals surface area contributed by atoms with Crippen LogP contribution in [0, 0.1) is 0 Å². The van der Waals surface area contributed by atoms with E-state index >= 15 is 0 Å². The van der Waals surface area contributed by atoms with Crippen LogP contribution in [-0.4, -0.2) is 75.3 Å². The van der Waals surface area contributed by atoms with Crippen molar-refractivity contribution in [3.63, 3.8) is 0 Å². The lowest BCUT2D eigenvalue weighted by molar-refractivity contribution is -0.894. The summed E-state index contributed by atoms with van der Waals surface area (Å²) in [7, 11) is 9.27. The Hall–Kier alpha value is -1.14. The van der Waals surface area contributed by atoms with Crippen molar-refractivity contribution in [2.45, 2.75) is 38.5 Å². The normalized spacial score (nSPS) is 22.2. The van der Waals surface area contributed by atoms with Crippen molar-refractivity contribution in [1.82, 2.24) is 0 Å². The molecule has 2 heterocycles. The van der Waals surface area contributed by atoms with Gasteiger partial charge in [0.15, 0.2) is 0 Å². The number of carboxylic acids is 2. The summed E-state index contributed by atoms with van der Waals surface area (Å²) in [5.41, 5.74) is 0. The Balaban J connectivity index is 0.000000306. The molecule has 0 aromatic rings. The topological polar surface area (TPSA) is 80.3 Å². The Bertz CT molecular complexity index is 304. The Labute approximate surface area is 134 Å². The van der Waals surface area contributed by atoms with Gasteiger partial charge in [-0.1, -0.05) is 0 Å². The standard InChI is InChI=1S/2C7H16N.C2H2O4/c2*1-8(2)6-4-3-5-7-8;3-1(4)2(5)6/h2*3-7H2,1-2H3;(H,3,4)(H,5,6)/q2*+1;/p-2. The molecule has 0 saturated carbocycles. The van der Waals surface area contributed by atoms with Crippen molar-refractivity contribution in [3.05, 3.63) is 0 Å². The van der Waals surface area contributed by atoms with Gasteiger partial charge in [-0.25, -0.2) is 0 Å². The summed E-state index contributed by atoms with van der Waals surface area (Å²) in [5.74, 6) is -4.37. The molecule has 0 aliphatic carbocycles. The first-order valence-corrected chi connectivity index (χ1v) is 8.12. The van der Waals surface area contributed by atoms with Gasteiger partial charge in [0.25, 0.3) is 0 Å². The molecule has 2 aliphatic heterocycles. The minimum atomic E-state index is -2.19. The molecule has 6 heteroatoms. The molecule has 2 rings (SSSR count). The number of rotatable bonds is 0. The second-order valence-electron chi connectivity index (χ2n) is 7.46. The van der Waals surface area contributed by atoms with Gasteiger partial charge >= 0.3 is 0 Å². The van der Waals surface area contributed by atoms with Crippen molar-refractivity contribution in [3.8, 4) is 0 Å². The first-order valence-electron chi connectivity index (χ1n) is 8.12. The minimum absolute atomic E-state index is 1.25. The van der Waals surface area contributed by atoms with Crippen molar-refractivity contribution in [1.29, 1.82) is 0 Å². The van der Waals surface area contributed by atoms with Crippen molar-refractivity contribution in [2.24, 2.45) is 0 Å². The highest BCUT2D eigenvalue weighted by molar-refractivity contribution is 6.25. The summed E-state index contributed by atoms with van der Waals surface area (Å²) in [6.45, 7) is 5.56. The predicted octanol–water partition coefficient (Wildman–Crippen LogP) is -1.02.